The Labute approximate surface area is 196 Å². The number of hydrogen-bond acceptors (Lipinski definition) is 3. The van der Waals surface area contributed by atoms with Gasteiger partial charge in [0.25, 0.3) is 0 Å². The fourth-order valence-corrected chi connectivity index (χ4v) is 5.28. The summed E-state index contributed by atoms with van der Waals surface area (Å²) in [6.45, 7) is 6.98. The first kappa shape index (κ1) is 21.0. The van der Waals surface area contributed by atoms with Gasteiger partial charge in [-0.05, 0) is 82.5 Å². The summed E-state index contributed by atoms with van der Waals surface area (Å²) in [6.07, 6.45) is 5.53. The molecule has 33 heavy (non-hydrogen) atoms. The number of piperidine rings is 1. The Hall–Kier alpha value is -3.82. The summed E-state index contributed by atoms with van der Waals surface area (Å²) < 4.78 is 0. The number of nitrogens with zero attached hydrogens (tertiary/aromatic N) is 3. The van der Waals surface area contributed by atoms with E-state index in [4.69, 9.17) is 10.5 Å². The van der Waals surface area contributed by atoms with E-state index in [0.29, 0.717) is 0 Å². The quantitative estimate of drug-likeness (QED) is 0.418. The highest BCUT2D eigenvalue weighted by Crippen LogP contribution is 2.50. The lowest BCUT2D eigenvalue weighted by molar-refractivity contribution is 0.577. The largest absolute Gasteiger partial charge is 0.372 e. The van der Waals surface area contributed by atoms with Gasteiger partial charge in [0.1, 0.15) is 17.7 Å². The SMILES string of the molecule is CC1(C)c2cc(-c3ccc(C=C(C#N)C#N)cc3)ccc2-c2ccc(N3CCCCC3)cc21. The van der Waals surface area contributed by atoms with Gasteiger partial charge in [0.15, 0.2) is 0 Å². The van der Waals surface area contributed by atoms with E-state index >= 15 is 0 Å². The van der Waals surface area contributed by atoms with Gasteiger partial charge >= 0.3 is 0 Å². The molecule has 0 unspecified atom stereocenters. The van der Waals surface area contributed by atoms with Crippen LogP contribution in [-0.2, 0) is 5.41 Å². The van der Waals surface area contributed by atoms with Crippen LogP contribution >= 0.6 is 0 Å². The molecular weight excluding hydrogens is 402 g/mol. The second-order valence-electron chi connectivity index (χ2n) is 9.57. The molecule has 162 valence electrons. The Bertz CT molecular complexity index is 1310. The van der Waals surface area contributed by atoms with E-state index < -0.39 is 0 Å². The van der Waals surface area contributed by atoms with E-state index in [-0.39, 0.29) is 11.0 Å². The minimum Gasteiger partial charge on any atom is -0.372 e. The Morgan fingerprint density at radius 2 is 1.39 bits per heavy atom. The van der Waals surface area contributed by atoms with Gasteiger partial charge in [-0.3, -0.25) is 0 Å². The van der Waals surface area contributed by atoms with Crippen molar-refractivity contribution < 1.29 is 0 Å². The number of nitriles is 2. The first-order valence-corrected chi connectivity index (χ1v) is 11.7. The maximum absolute atomic E-state index is 8.98. The van der Waals surface area contributed by atoms with Gasteiger partial charge in [0.2, 0.25) is 0 Å². The number of allylic oxidation sites excluding steroid dienone is 1. The normalized spacial score (nSPS) is 15.7. The summed E-state index contributed by atoms with van der Waals surface area (Å²) in [5, 5.41) is 18.0. The Kier molecular flexibility index (Phi) is 5.27. The second kappa shape index (κ2) is 8.27. The minimum atomic E-state index is -0.0519. The maximum atomic E-state index is 8.98. The molecule has 5 rings (SSSR count). The van der Waals surface area contributed by atoms with Crippen molar-refractivity contribution in [2.45, 2.75) is 38.5 Å². The highest BCUT2D eigenvalue weighted by molar-refractivity contribution is 5.85. The third-order valence-corrected chi connectivity index (χ3v) is 7.18. The molecule has 0 radical (unpaired) electrons. The van der Waals surface area contributed by atoms with E-state index in [1.165, 1.54) is 52.8 Å². The zero-order valence-electron chi connectivity index (χ0n) is 19.2. The lowest BCUT2D eigenvalue weighted by Gasteiger charge is -2.30. The van der Waals surface area contributed by atoms with E-state index in [1.54, 1.807) is 6.08 Å². The van der Waals surface area contributed by atoms with Gasteiger partial charge in [0, 0.05) is 24.2 Å². The lowest BCUT2D eigenvalue weighted by Crippen LogP contribution is -2.29. The summed E-state index contributed by atoms with van der Waals surface area (Å²) in [5.74, 6) is 0. The van der Waals surface area contributed by atoms with E-state index in [1.807, 2.05) is 24.3 Å². The smallest absolute Gasteiger partial charge is 0.130 e. The number of benzene rings is 3. The molecule has 1 aliphatic carbocycles. The predicted octanol–water partition coefficient (Wildman–Crippen LogP) is 7.08. The second-order valence-corrected chi connectivity index (χ2v) is 9.57. The molecule has 1 heterocycles. The molecule has 1 saturated heterocycles. The summed E-state index contributed by atoms with van der Waals surface area (Å²) in [6, 6.07) is 25.7. The molecule has 1 fully saturated rings. The first-order chi connectivity index (χ1) is 16.0. The van der Waals surface area contributed by atoms with Gasteiger partial charge in [0.05, 0.1) is 0 Å². The molecule has 0 saturated carbocycles. The molecule has 0 aromatic heterocycles. The zero-order valence-corrected chi connectivity index (χ0v) is 19.2. The van der Waals surface area contributed by atoms with Crippen LogP contribution in [0.3, 0.4) is 0 Å². The van der Waals surface area contributed by atoms with Crippen molar-refractivity contribution in [3.63, 3.8) is 0 Å². The van der Waals surface area contributed by atoms with Gasteiger partial charge in [-0.1, -0.05) is 56.3 Å². The number of hydrogen-bond donors (Lipinski definition) is 0. The van der Waals surface area contributed by atoms with Gasteiger partial charge in [-0.2, -0.15) is 10.5 Å². The Balaban J connectivity index is 1.48. The summed E-state index contributed by atoms with van der Waals surface area (Å²) in [5.41, 5.74) is 10.0. The number of rotatable bonds is 3. The summed E-state index contributed by atoms with van der Waals surface area (Å²) in [4.78, 5) is 2.54. The van der Waals surface area contributed by atoms with Crippen molar-refractivity contribution in [1.29, 1.82) is 10.5 Å². The molecule has 3 nitrogen and oxygen atoms in total. The molecule has 0 N–H and O–H groups in total. The molecule has 0 spiro atoms. The third-order valence-electron chi connectivity index (χ3n) is 7.18. The fraction of sp³-hybridized carbons (Fsp3) is 0.267. The standard InChI is InChI=1S/C30H27N3/c1-30(2)28-17-24(23-8-6-21(7-9-23)16-22(19-31)20-32)10-12-26(28)27-13-11-25(18-29(27)30)33-14-4-3-5-15-33/h6-13,16-18H,3-5,14-15H2,1-2H3. The monoisotopic (exact) mass is 429 g/mol. The van der Waals surface area contributed by atoms with Crippen LogP contribution in [0.5, 0.6) is 0 Å². The molecule has 0 atom stereocenters. The van der Waals surface area contributed by atoms with Crippen molar-refractivity contribution in [2.75, 3.05) is 18.0 Å². The van der Waals surface area contributed by atoms with Crippen LogP contribution in [0.4, 0.5) is 5.69 Å². The Morgan fingerprint density at radius 3 is 2.06 bits per heavy atom. The van der Waals surface area contributed by atoms with Gasteiger partial charge < -0.3 is 4.90 Å². The minimum absolute atomic E-state index is 0.0519. The number of anilines is 1. The topological polar surface area (TPSA) is 50.8 Å². The van der Waals surface area contributed by atoms with Crippen LogP contribution in [0, 0.1) is 22.7 Å². The summed E-state index contributed by atoms with van der Waals surface area (Å²) >= 11 is 0. The third kappa shape index (κ3) is 3.71. The van der Waals surface area contributed by atoms with Crippen LogP contribution in [-0.4, -0.2) is 13.1 Å². The van der Waals surface area contributed by atoms with Crippen molar-refractivity contribution in [3.8, 4) is 34.4 Å². The maximum Gasteiger partial charge on any atom is 0.130 e. The van der Waals surface area contributed by atoms with E-state index in [9.17, 15) is 0 Å². The average molecular weight is 430 g/mol. The van der Waals surface area contributed by atoms with Crippen molar-refractivity contribution >= 4 is 11.8 Å². The molecule has 0 amide bonds. The van der Waals surface area contributed by atoms with Crippen LogP contribution in [0.1, 0.15) is 49.8 Å². The highest BCUT2D eigenvalue weighted by atomic mass is 15.1. The number of fused-ring (bicyclic) bond motifs is 3. The van der Waals surface area contributed by atoms with Crippen LogP contribution < -0.4 is 4.90 Å². The molecular formula is C30H27N3. The van der Waals surface area contributed by atoms with E-state index in [2.05, 4.69) is 67.3 Å². The van der Waals surface area contributed by atoms with Crippen LogP contribution in [0.2, 0.25) is 0 Å². The van der Waals surface area contributed by atoms with Crippen LogP contribution in [0.25, 0.3) is 28.3 Å². The average Bonchev–Trinajstić information content (AvgIpc) is 3.09. The molecule has 2 aliphatic rings. The fourth-order valence-electron chi connectivity index (χ4n) is 5.28. The van der Waals surface area contributed by atoms with Crippen molar-refractivity contribution in [3.05, 3.63) is 82.9 Å². The van der Waals surface area contributed by atoms with Crippen LogP contribution in [0.15, 0.2) is 66.2 Å². The lowest BCUT2D eigenvalue weighted by atomic mass is 9.81. The first-order valence-electron chi connectivity index (χ1n) is 11.7. The van der Waals surface area contributed by atoms with Crippen molar-refractivity contribution in [2.24, 2.45) is 0 Å². The van der Waals surface area contributed by atoms with Crippen molar-refractivity contribution in [1.82, 2.24) is 0 Å². The van der Waals surface area contributed by atoms with E-state index in [0.717, 1.165) is 24.2 Å². The highest BCUT2D eigenvalue weighted by Gasteiger charge is 2.36. The molecule has 1 aliphatic heterocycles. The summed E-state index contributed by atoms with van der Waals surface area (Å²) in [7, 11) is 0. The Morgan fingerprint density at radius 1 is 0.788 bits per heavy atom. The molecule has 3 aromatic rings. The molecule has 3 heteroatoms. The van der Waals surface area contributed by atoms with Gasteiger partial charge in [-0.25, -0.2) is 0 Å². The zero-order chi connectivity index (χ0) is 23.0. The predicted molar refractivity (Wildman–Crippen MR) is 135 cm³/mol. The molecule has 3 aromatic carbocycles. The molecule has 0 bridgehead atoms. The van der Waals surface area contributed by atoms with Gasteiger partial charge in [-0.15, -0.1) is 0 Å².